The molecule has 5 rings (SSSR count). The van der Waals surface area contributed by atoms with E-state index < -0.39 is 0 Å². The lowest BCUT2D eigenvalue weighted by atomic mass is 10.7. The molecule has 5 heterocycles. The zero-order valence-corrected chi connectivity index (χ0v) is 15.5. The standard InChI is InChI=1S/2C4H4N2.2C3H3N3.C2H2N4/c1-2-6-4-3-5-1;1-2-5-4-6-3-1;1-2-5-6-3-4-1;2*1-2-4-6-5-3-1/h2*1-4H;2*1-3H;1-2H. The minimum atomic E-state index is 1.39. The zero-order valence-electron chi connectivity index (χ0n) is 15.5. The van der Waals surface area contributed by atoms with Crippen LogP contribution < -0.4 is 0 Å². The van der Waals surface area contributed by atoms with Crippen molar-refractivity contribution in [3.05, 3.63) is 99.1 Å². The van der Waals surface area contributed by atoms with Gasteiger partial charge in [-0.2, -0.15) is 5.10 Å². The maximum Gasteiger partial charge on any atom is 0.138 e. The summed E-state index contributed by atoms with van der Waals surface area (Å²) in [6, 6.07) is 3.49. The number of rotatable bonds is 0. The van der Waals surface area contributed by atoms with Gasteiger partial charge < -0.3 is 0 Å². The van der Waals surface area contributed by atoms with Crippen LogP contribution in [-0.2, 0) is 0 Å². The van der Waals surface area contributed by atoms with Crippen molar-refractivity contribution in [3.8, 4) is 0 Å². The molecule has 0 aliphatic heterocycles. The molecule has 0 bridgehead atoms. The van der Waals surface area contributed by atoms with Crippen LogP contribution in [0.15, 0.2) is 99.1 Å². The second-order valence-corrected chi connectivity index (χ2v) is 4.11. The average Bonchev–Trinajstić information content (AvgIpc) is 2.91. The Bertz CT molecular complexity index is 573. The van der Waals surface area contributed by atoms with Crippen molar-refractivity contribution < 1.29 is 0 Å². The van der Waals surface area contributed by atoms with Crippen LogP contribution >= 0.6 is 0 Å². The summed E-state index contributed by atoms with van der Waals surface area (Å²) < 4.78 is 0. The summed E-state index contributed by atoms with van der Waals surface area (Å²) in [5, 5.41) is 30.1. The van der Waals surface area contributed by atoms with Crippen molar-refractivity contribution in [2.75, 3.05) is 0 Å². The normalized spacial score (nSPS) is 8.00. The first-order chi connectivity index (χ1) is 15.0. The molecule has 0 aliphatic carbocycles. The monoisotopic (exact) mass is 404 g/mol. The minimum Gasteiger partial charge on any atom is -0.262 e. The Morgan fingerprint density at radius 2 is 0.733 bits per heavy atom. The molecule has 0 unspecified atom stereocenters. The van der Waals surface area contributed by atoms with Crippen molar-refractivity contribution in [1.29, 1.82) is 0 Å². The molecule has 5 aromatic heterocycles. The first-order valence-corrected chi connectivity index (χ1v) is 8.00. The number of aromatic nitrogens is 14. The van der Waals surface area contributed by atoms with Gasteiger partial charge in [0.2, 0.25) is 0 Å². The Morgan fingerprint density at radius 1 is 0.267 bits per heavy atom. The predicted molar refractivity (Wildman–Crippen MR) is 101 cm³/mol. The third kappa shape index (κ3) is 17.9. The third-order valence-corrected chi connectivity index (χ3v) is 2.11. The van der Waals surface area contributed by atoms with E-state index in [1.165, 1.54) is 31.2 Å². The molecule has 150 valence electrons. The Kier molecular flexibility index (Phi) is 15.8. The summed E-state index contributed by atoms with van der Waals surface area (Å²) >= 11 is 0. The van der Waals surface area contributed by atoms with E-state index in [1.807, 2.05) is 0 Å². The second-order valence-electron chi connectivity index (χ2n) is 4.11. The van der Waals surface area contributed by atoms with Crippen LogP contribution in [-0.4, -0.2) is 71.2 Å². The first kappa shape index (κ1) is 23.2. The van der Waals surface area contributed by atoms with Gasteiger partial charge in [-0.15, -0.1) is 25.5 Å². The van der Waals surface area contributed by atoms with E-state index in [-0.39, 0.29) is 0 Å². The van der Waals surface area contributed by atoms with Crippen LogP contribution in [0.4, 0.5) is 0 Å². The van der Waals surface area contributed by atoms with Crippen LogP contribution in [0.3, 0.4) is 0 Å². The molecule has 30 heavy (non-hydrogen) atoms. The van der Waals surface area contributed by atoms with Gasteiger partial charge in [-0.1, -0.05) is 0 Å². The van der Waals surface area contributed by atoms with Crippen molar-refractivity contribution in [2.24, 2.45) is 0 Å². The van der Waals surface area contributed by atoms with Gasteiger partial charge in [-0.3, -0.25) is 9.97 Å². The molecule has 0 atom stereocenters. The molecule has 14 heteroatoms. The lowest BCUT2D eigenvalue weighted by Crippen LogP contribution is -1.84. The van der Waals surface area contributed by atoms with Crippen molar-refractivity contribution >= 4 is 0 Å². The molecule has 14 nitrogen and oxygen atoms in total. The topological polar surface area (TPSA) is 180 Å². The SMILES string of the molecule is c1cnccn1.c1cncnc1.c1cnncn1.c1cnnnc1.c1cnnnn1. The Balaban J connectivity index is 0.000000187. The fourth-order valence-corrected chi connectivity index (χ4v) is 1.08. The van der Waals surface area contributed by atoms with Gasteiger partial charge in [0, 0.05) is 43.4 Å². The van der Waals surface area contributed by atoms with Gasteiger partial charge in [-0.05, 0) is 27.8 Å². The molecule has 0 amide bonds. The average molecular weight is 404 g/mol. The van der Waals surface area contributed by atoms with Crippen LogP contribution in [0, 0.1) is 0 Å². The molecule has 0 fully saturated rings. The Morgan fingerprint density at radius 3 is 0.900 bits per heavy atom. The number of hydrogen-bond donors (Lipinski definition) is 0. The Labute approximate surface area is 171 Å². The molecule has 0 spiro atoms. The van der Waals surface area contributed by atoms with Crippen LogP contribution in [0.5, 0.6) is 0 Å². The van der Waals surface area contributed by atoms with E-state index in [4.69, 9.17) is 0 Å². The molecule has 0 N–H and O–H groups in total. The summed E-state index contributed by atoms with van der Waals surface area (Å²) in [7, 11) is 0. The highest BCUT2D eigenvalue weighted by Crippen LogP contribution is 1.67. The second kappa shape index (κ2) is 20.4. The smallest absolute Gasteiger partial charge is 0.138 e. The Hall–Kier alpha value is -4.88. The van der Waals surface area contributed by atoms with Gasteiger partial charge in [0.1, 0.15) is 12.7 Å². The van der Waals surface area contributed by atoms with Crippen molar-refractivity contribution in [3.63, 3.8) is 0 Å². The van der Waals surface area contributed by atoms with E-state index in [1.54, 1.807) is 67.9 Å². The molecular formula is C16H16N14. The van der Waals surface area contributed by atoms with Crippen LogP contribution in [0.25, 0.3) is 0 Å². The molecule has 5 aromatic rings. The van der Waals surface area contributed by atoms with E-state index in [2.05, 4.69) is 71.2 Å². The summed E-state index contributed by atoms with van der Waals surface area (Å²) in [6.45, 7) is 0. The van der Waals surface area contributed by atoms with Crippen molar-refractivity contribution in [2.45, 2.75) is 0 Å². The maximum atomic E-state index is 3.72. The largest absolute Gasteiger partial charge is 0.262 e. The van der Waals surface area contributed by atoms with Gasteiger partial charge in [0.15, 0.2) is 0 Å². The predicted octanol–water partition coefficient (Wildman–Crippen LogP) is -0.0370. The highest BCUT2D eigenvalue weighted by Gasteiger charge is 1.62. The summed E-state index contributed by atoms with van der Waals surface area (Å²) in [6.07, 6.45) is 22.0. The summed E-state index contributed by atoms with van der Waals surface area (Å²) in [5.41, 5.74) is 0. The fraction of sp³-hybridized carbons (Fsp3) is 0. The van der Waals surface area contributed by atoms with Crippen molar-refractivity contribution in [1.82, 2.24) is 71.2 Å². The lowest BCUT2D eigenvalue weighted by molar-refractivity contribution is 0.761. The summed E-state index contributed by atoms with van der Waals surface area (Å²) in [4.78, 5) is 18.4. The summed E-state index contributed by atoms with van der Waals surface area (Å²) in [5.74, 6) is 0. The van der Waals surface area contributed by atoms with Gasteiger partial charge in [-0.25, -0.2) is 15.0 Å². The molecule has 0 aliphatic rings. The highest BCUT2D eigenvalue weighted by molar-refractivity contribution is 4.74. The third-order valence-electron chi connectivity index (χ3n) is 2.11. The molecular weight excluding hydrogens is 388 g/mol. The zero-order chi connectivity index (χ0) is 21.2. The maximum absolute atomic E-state index is 3.72. The molecule has 0 saturated heterocycles. The minimum absolute atomic E-state index is 1.39. The quantitative estimate of drug-likeness (QED) is 0.335. The molecule has 0 radical (unpaired) electrons. The van der Waals surface area contributed by atoms with Gasteiger partial charge in [0.25, 0.3) is 0 Å². The molecule has 0 aromatic carbocycles. The number of nitrogens with zero attached hydrogens (tertiary/aromatic N) is 14. The number of hydrogen-bond acceptors (Lipinski definition) is 14. The van der Waals surface area contributed by atoms with E-state index in [9.17, 15) is 0 Å². The van der Waals surface area contributed by atoms with Crippen LogP contribution in [0.1, 0.15) is 0 Å². The van der Waals surface area contributed by atoms with Gasteiger partial charge >= 0.3 is 0 Å². The fourth-order valence-electron chi connectivity index (χ4n) is 1.08. The lowest BCUT2D eigenvalue weighted by Gasteiger charge is -1.70. The van der Waals surface area contributed by atoms with Crippen LogP contribution in [0.2, 0.25) is 0 Å². The van der Waals surface area contributed by atoms with E-state index in [0.717, 1.165) is 0 Å². The van der Waals surface area contributed by atoms with Gasteiger partial charge in [0.05, 0.1) is 31.0 Å². The van der Waals surface area contributed by atoms with E-state index >= 15 is 0 Å². The first-order valence-electron chi connectivity index (χ1n) is 8.00. The highest BCUT2D eigenvalue weighted by atomic mass is 15.4. The molecule has 0 saturated carbocycles. The van der Waals surface area contributed by atoms with E-state index in [0.29, 0.717) is 0 Å².